The molecule has 0 rings (SSSR count). The molecule has 0 heterocycles. The third-order valence-corrected chi connectivity index (χ3v) is 8.87. The summed E-state index contributed by atoms with van der Waals surface area (Å²) in [6.45, 7) is 8.27. The number of carboxylic acids is 3. The van der Waals surface area contributed by atoms with Crippen LogP contribution in [-0.2, 0) is 14.4 Å². The summed E-state index contributed by atoms with van der Waals surface area (Å²) in [6.07, 6.45) is 29.9. The van der Waals surface area contributed by atoms with Gasteiger partial charge in [-0.15, -0.1) is 0 Å². The van der Waals surface area contributed by atoms with Crippen LogP contribution in [-0.4, -0.2) is 58.8 Å². The number of hydrogen-bond donors (Lipinski definition) is 2. The van der Waals surface area contributed by atoms with E-state index in [0.717, 1.165) is 19.3 Å². The van der Waals surface area contributed by atoms with E-state index in [0.29, 0.717) is 6.54 Å². The van der Waals surface area contributed by atoms with Gasteiger partial charge in [0.05, 0.1) is 26.2 Å². The van der Waals surface area contributed by atoms with Crippen molar-refractivity contribution in [2.75, 3.05) is 26.2 Å². The summed E-state index contributed by atoms with van der Waals surface area (Å²) in [5.41, 5.74) is 0. The van der Waals surface area contributed by atoms with E-state index < -0.39 is 35.7 Å². The van der Waals surface area contributed by atoms with Gasteiger partial charge >= 0.3 is 11.9 Å². The molecule has 0 bridgehead atoms. The average Bonchev–Trinajstić information content (AvgIpc) is 2.95. The summed E-state index contributed by atoms with van der Waals surface area (Å²) < 4.78 is 0.187. The number of hydrogen-bond acceptors (Lipinski definition) is 4. The largest absolute Gasteiger partial charge is 0.550 e. The zero-order chi connectivity index (χ0) is 32.3. The van der Waals surface area contributed by atoms with Crippen LogP contribution in [0.15, 0.2) is 12.2 Å². The van der Waals surface area contributed by atoms with Crippen LogP contribution in [0.4, 0.5) is 0 Å². The second-order valence-corrected chi connectivity index (χ2v) is 13.4. The van der Waals surface area contributed by atoms with E-state index in [-0.39, 0.29) is 24.1 Å². The Balaban J connectivity index is 4.13. The molecule has 0 aromatic rings. The Morgan fingerprint density at radius 3 is 1.23 bits per heavy atom. The quantitative estimate of drug-likeness (QED) is 0.0467. The molecule has 0 saturated carbocycles. The number of quaternary nitrogens is 1. The minimum atomic E-state index is -1.18. The number of carbonyl (C=O) groups excluding carboxylic acids is 1. The Kier molecular flexibility index (Phi) is 25.3. The van der Waals surface area contributed by atoms with Crippen molar-refractivity contribution >= 4 is 17.9 Å². The van der Waals surface area contributed by atoms with Gasteiger partial charge in [0, 0.05) is 11.9 Å². The van der Waals surface area contributed by atoms with Crippen LogP contribution < -0.4 is 5.11 Å². The standard InChI is InChI=1S/C36H67NO6/c1-5-6-7-8-9-10-11-12-13-14-15-16-17-18-19-20-21-22-23-24-25-26-27-37(28-31(2)34(38)39,29-32(3)35(40)41)30-33(4)36(42)43/h10-11,31-33H,5-9,12-30H2,1-4H3,(H2-,38,39,40,41,42,43)/b11-10+. The van der Waals surface area contributed by atoms with Crippen molar-refractivity contribution < 1.29 is 34.2 Å². The van der Waals surface area contributed by atoms with E-state index in [2.05, 4.69) is 19.1 Å². The maximum absolute atomic E-state index is 11.6. The minimum absolute atomic E-state index is 0.187. The van der Waals surface area contributed by atoms with Gasteiger partial charge in [-0.1, -0.05) is 116 Å². The van der Waals surface area contributed by atoms with Crippen LogP contribution in [0.2, 0.25) is 0 Å². The number of nitrogens with zero attached hydrogens (tertiary/aromatic N) is 1. The third-order valence-electron chi connectivity index (χ3n) is 8.87. The Labute approximate surface area is 264 Å². The SMILES string of the molecule is CCCCCC/C=C/CCCCCCCCCCCCCCCC[N+](CC(C)C(=O)[O-])(CC(C)C(=O)O)CC(C)C(=O)O. The molecule has 7 nitrogen and oxygen atoms in total. The van der Waals surface area contributed by atoms with Gasteiger partial charge in [0.25, 0.3) is 0 Å². The fourth-order valence-corrected chi connectivity index (χ4v) is 6.23. The first kappa shape index (κ1) is 41.1. The third kappa shape index (κ3) is 23.2. The van der Waals surface area contributed by atoms with Gasteiger partial charge in [-0.3, -0.25) is 9.59 Å². The number of unbranched alkanes of at least 4 members (excludes halogenated alkanes) is 18. The van der Waals surface area contributed by atoms with Crippen molar-refractivity contribution in [3.8, 4) is 0 Å². The number of allylic oxidation sites excluding steroid dienone is 2. The molecule has 0 aromatic carbocycles. The fraction of sp³-hybridized carbons (Fsp3) is 0.861. The molecule has 0 saturated heterocycles. The molecule has 0 aliphatic carbocycles. The smallest absolute Gasteiger partial charge is 0.311 e. The van der Waals surface area contributed by atoms with Gasteiger partial charge in [0.1, 0.15) is 11.8 Å². The lowest BCUT2D eigenvalue weighted by atomic mass is 10.00. The second kappa shape index (κ2) is 26.5. The van der Waals surface area contributed by atoms with Gasteiger partial charge in [-0.2, -0.15) is 0 Å². The van der Waals surface area contributed by atoms with Crippen molar-refractivity contribution in [2.24, 2.45) is 17.8 Å². The highest BCUT2D eigenvalue weighted by Crippen LogP contribution is 2.22. The Hall–Kier alpha value is -1.89. The molecule has 0 aliphatic heterocycles. The molecule has 0 aromatic heterocycles. The monoisotopic (exact) mass is 609 g/mol. The van der Waals surface area contributed by atoms with Crippen LogP contribution in [0.3, 0.4) is 0 Å². The van der Waals surface area contributed by atoms with Crippen LogP contribution in [0, 0.1) is 17.8 Å². The van der Waals surface area contributed by atoms with E-state index in [4.69, 9.17) is 0 Å². The first-order valence-corrected chi connectivity index (χ1v) is 17.7. The maximum Gasteiger partial charge on any atom is 0.311 e. The second-order valence-electron chi connectivity index (χ2n) is 13.4. The molecular formula is C36H67NO6. The summed E-state index contributed by atoms with van der Waals surface area (Å²) in [5.74, 6) is -5.23. The number of aliphatic carboxylic acids is 3. The molecular weight excluding hydrogens is 542 g/mol. The predicted molar refractivity (Wildman–Crippen MR) is 175 cm³/mol. The minimum Gasteiger partial charge on any atom is -0.550 e. The molecule has 0 amide bonds. The van der Waals surface area contributed by atoms with Gasteiger partial charge < -0.3 is 24.6 Å². The van der Waals surface area contributed by atoms with Crippen molar-refractivity contribution in [2.45, 2.75) is 156 Å². The van der Waals surface area contributed by atoms with Gasteiger partial charge in [0.15, 0.2) is 0 Å². The van der Waals surface area contributed by atoms with Crippen molar-refractivity contribution in [3.63, 3.8) is 0 Å². The first-order valence-electron chi connectivity index (χ1n) is 17.7. The zero-order valence-electron chi connectivity index (χ0n) is 28.3. The zero-order valence-corrected chi connectivity index (χ0v) is 28.3. The van der Waals surface area contributed by atoms with Crippen molar-refractivity contribution in [1.29, 1.82) is 0 Å². The number of rotatable bonds is 31. The van der Waals surface area contributed by atoms with Gasteiger partial charge in [-0.25, -0.2) is 0 Å². The highest BCUT2D eigenvalue weighted by Gasteiger charge is 2.36. The van der Waals surface area contributed by atoms with Gasteiger partial charge in [-0.05, 0) is 52.4 Å². The highest BCUT2D eigenvalue weighted by atomic mass is 16.4. The highest BCUT2D eigenvalue weighted by molar-refractivity contribution is 5.70. The summed E-state index contributed by atoms with van der Waals surface area (Å²) >= 11 is 0. The first-order chi connectivity index (χ1) is 20.5. The molecule has 252 valence electrons. The summed E-state index contributed by atoms with van der Waals surface area (Å²) in [5, 5.41) is 30.6. The van der Waals surface area contributed by atoms with E-state index in [1.807, 2.05) is 0 Å². The molecule has 3 unspecified atom stereocenters. The fourth-order valence-electron chi connectivity index (χ4n) is 6.23. The summed E-state index contributed by atoms with van der Waals surface area (Å²) in [7, 11) is 0. The van der Waals surface area contributed by atoms with Crippen molar-refractivity contribution in [1.82, 2.24) is 0 Å². The van der Waals surface area contributed by atoms with E-state index in [9.17, 15) is 29.7 Å². The Morgan fingerprint density at radius 2 is 0.884 bits per heavy atom. The lowest BCUT2D eigenvalue weighted by Gasteiger charge is -2.43. The number of carboxylic acid groups (broad SMARTS) is 3. The predicted octanol–water partition coefficient (Wildman–Crippen LogP) is 8.01. The van der Waals surface area contributed by atoms with Crippen LogP contribution in [0.5, 0.6) is 0 Å². The Bertz CT molecular complexity index is 697. The topological polar surface area (TPSA) is 115 Å². The summed E-state index contributed by atoms with van der Waals surface area (Å²) in [4.78, 5) is 34.8. The molecule has 7 heteroatoms. The lowest BCUT2D eigenvalue weighted by Crippen LogP contribution is -2.58. The van der Waals surface area contributed by atoms with E-state index in [1.54, 1.807) is 20.8 Å². The van der Waals surface area contributed by atoms with E-state index in [1.165, 1.54) is 109 Å². The molecule has 2 N–H and O–H groups in total. The van der Waals surface area contributed by atoms with Crippen LogP contribution in [0.1, 0.15) is 156 Å². The average molecular weight is 610 g/mol. The van der Waals surface area contributed by atoms with Crippen LogP contribution >= 0.6 is 0 Å². The summed E-state index contributed by atoms with van der Waals surface area (Å²) in [6, 6.07) is 0. The lowest BCUT2D eigenvalue weighted by molar-refractivity contribution is -0.934. The molecule has 3 atom stereocenters. The normalized spacial score (nSPS) is 15.3. The molecule has 0 spiro atoms. The molecule has 0 aliphatic rings. The van der Waals surface area contributed by atoms with Gasteiger partial charge in [0.2, 0.25) is 0 Å². The molecule has 0 fully saturated rings. The van der Waals surface area contributed by atoms with E-state index >= 15 is 0 Å². The Morgan fingerprint density at radius 1 is 0.558 bits per heavy atom. The van der Waals surface area contributed by atoms with Crippen molar-refractivity contribution in [3.05, 3.63) is 12.2 Å². The maximum atomic E-state index is 11.6. The molecule has 43 heavy (non-hydrogen) atoms. The number of carbonyl (C=O) groups is 3. The van der Waals surface area contributed by atoms with Crippen LogP contribution in [0.25, 0.3) is 0 Å². The molecule has 0 radical (unpaired) electrons.